The van der Waals surface area contributed by atoms with Gasteiger partial charge in [0.1, 0.15) is 17.3 Å². The maximum atomic E-state index is 13.8. The fourth-order valence-corrected chi connectivity index (χ4v) is 3.27. The summed E-state index contributed by atoms with van der Waals surface area (Å²) in [5.41, 5.74) is 1.23. The average molecular weight is 397 g/mol. The van der Waals surface area contributed by atoms with Crippen molar-refractivity contribution in [2.75, 3.05) is 11.4 Å². The molecule has 2 amide bonds. The molecule has 148 valence electrons. The molecular weight excluding hydrogens is 380 g/mol. The molecule has 1 atom stereocenters. The zero-order chi connectivity index (χ0) is 20.4. The van der Waals surface area contributed by atoms with E-state index in [1.807, 2.05) is 30.3 Å². The molecule has 1 fully saturated rings. The Labute approximate surface area is 165 Å². The Bertz CT molecular complexity index is 1050. The summed E-state index contributed by atoms with van der Waals surface area (Å²) in [6.07, 6.45) is 0.131. The summed E-state index contributed by atoms with van der Waals surface area (Å²) >= 11 is 0. The van der Waals surface area contributed by atoms with Crippen molar-refractivity contribution in [3.05, 3.63) is 71.9 Å². The fraction of sp³-hybridized carbons (Fsp3) is 0.190. The number of carbonyl (C=O) groups excluding carboxylic acids is 2. The number of nitrogens with one attached hydrogen (secondary N) is 1. The Balaban J connectivity index is 1.37. The van der Waals surface area contributed by atoms with Gasteiger partial charge in [-0.15, -0.1) is 0 Å². The Kier molecular flexibility index (Phi) is 5.07. The first-order valence-electron chi connectivity index (χ1n) is 9.05. The van der Waals surface area contributed by atoms with Crippen LogP contribution in [0.3, 0.4) is 0 Å². The molecule has 1 aliphatic heterocycles. The highest BCUT2D eigenvalue weighted by Gasteiger charge is 2.35. The van der Waals surface area contributed by atoms with E-state index in [1.54, 1.807) is 4.90 Å². The number of para-hydroxylation sites is 1. The Morgan fingerprint density at radius 1 is 1.17 bits per heavy atom. The van der Waals surface area contributed by atoms with Gasteiger partial charge >= 0.3 is 0 Å². The van der Waals surface area contributed by atoms with Crippen molar-refractivity contribution >= 4 is 17.5 Å². The molecule has 1 aliphatic rings. The molecule has 29 heavy (non-hydrogen) atoms. The molecule has 0 radical (unpaired) electrons. The summed E-state index contributed by atoms with van der Waals surface area (Å²) in [6.45, 7) is 0.376. The van der Waals surface area contributed by atoms with Crippen molar-refractivity contribution in [1.29, 1.82) is 0 Å². The zero-order valence-corrected chi connectivity index (χ0v) is 15.3. The minimum absolute atomic E-state index is 0.0706. The number of anilines is 1. The van der Waals surface area contributed by atoms with Crippen molar-refractivity contribution in [1.82, 2.24) is 10.5 Å². The largest absolute Gasteiger partial charge is 0.356 e. The molecule has 8 heteroatoms. The van der Waals surface area contributed by atoms with E-state index in [0.29, 0.717) is 12.2 Å². The summed E-state index contributed by atoms with van der Waals surface area (Å²) in [5.74, 6) is -2.15. The molecule has 3 aromatic rings. The zero-order valence-electron chi connectivity index (χ0n) is 15.3. The van der Waals surface area contributed by atoms with Crippen LogP contribution in [-0.2, 0) is 16.1 Å². The van der Waals surface area contributed by atoms with E-state index in [9.17, 15) is 18.4 Å². The van der Waals surface area contributed by atoms with Crippen LogP contribution in [0, 0.1) is 17.6 Å². The molecule has 1 saturated heterocycles. The molecule has 0 aliphatic carbocycles. The highest BCUT2D eigenvalue weighted by atomic mass is 19.1. The molecule has 0 saturated carbocycles. The summed E-state index contributed by atoms with van der Waals surface area (Å²) in [4.78, 5) is 26.3. The molecule has 6 nitrogen and oxygen atoms in total. The predicted octanol–water partition coefficient (Wildman–Crippen LogP) is 3.29. The van der Waals surface area contributed by atoms with Crippen LogP contribution in [0.1, 0.15) is 12.1 Å². The standard InChI is InChI=1S/C21H17F2N3O3/c22-14-6-7-17(18(23)9-14)19-10-15(25-29-19)11-24-21(28)13-8-20(27)26(12-13)16-4-2-1-3-5-16/h1-7,9-10,13H,8,11-12H2,(H,24,28). The van der Waals surface area contributed by atoms with E-state index in [4.69, 9.17) is 4.52 Å². The molecule has 0 bridgehead atoms. The maximum Gasteiger partial charge on any atom is 0.227 e. The average Bonchev–Trinajstić information content (AvgIpc) is 3.33. The molecule has 1 N–H and O–H groups in total. The summed E-state index contributed by atoms with van der Waals surface area (Å²) in [5, 5.41) is 6.53. The smallest absolute Gasteiger partial charge is 0.227 e. The lowest BCUT2D eigenvalue weighted by Crippen LogP contribution is -2.32. The summed E-state index contributed by atoms with van der Waals surface area (Å²) in [6, 6.07) is 13.8. The Morgan fingerprint density at radius 2 is 1.97 bits per heavy atom. The minimum Gasteiger partial charge on any atom is -0.356 e. The number of aromatic nitrogens is 1. The van der Waals surface area contributed by atoms with Gasteiger partial charge in [-0.2, -0.15) is 0 Å². The second-order valence-electron chi connectivity index (χ2n) is 6.77. The van der Waals surface area contributed by atoms with Gasteiger partial charge < -0.3 is 14.7 Å². The van der Waals surface area contributed by atoms with Crippen LogP contribution < -0.4 is 10.2 Å². The normalized spacial score (nSPS) is 16.3. The molecular formula is C21H17F2N3O3. The van der Waals surface area contributed by atoms with Crippen LogP contribution in [0.15, 0.2) is 59.1 Å². The van der Waals surface area contributed by atoms with E-state index in [0.717, 1.165) is 17.8 Å². The van der Waals surface area contributed by atoms with Gasteiger partial charge in [-0.1, -0.05) is 23.4 Å². The Morgan fingerprint density at radius 3 is 2.72 bits per heavy atom. The van der Waals surface area contributed by atoms with Gasteiger partial charge in [0.15, 0.2) is 5.76 Å². The van der Waals surface area contributed by atoms with Gasteiger partial charge in [-0.3, -0.25) is 9.59 Å². The van der Waals surface area contributed by atoms with Crippen molar-refractivity contribution in [2.45, 2.75) is 13.0 Å². The summed E-state index contributed by atoms with van der Waals surface area (Å²) < 4.78 is 32.0. The number of rotatable bonds is 5. The molecule has 2 aromatic carbocycles. The first-order chi connectivity index (χ1) is 14.0. The predicted molar refractivity (Wildman–Crippen MR) is 101 cm³/mol. The van der Waals surface area contributed by atoms with Crippen LogP contribution in [0.5, 0.6) is 0 Å². The number of carbonyl (C=O) groups is 2. The SMILES string of the molecule is O=C(NCc1cc(-c2ccc(F)cc2F)on1)C1CC(=O)N(c2ccccc2)C1. The summed E-state index contributed by atoms with van der Waals surface area (Å²) in [7, 11) is 0. The van der Waals surface area contributed by atoms with Crippen LogP contribution in [-0.4, -0.2) is 23.5 Å². The number of hydrogen-bond acceptors (Lipinski definition) is 4. The van der Waals surface area contributed by atoms with Crippen molar-refractivity contribution in [3.8, 4) is 11.3 Å². The molecule has 1 aromatic heterocycles. The number of halogens is 2. The maximum absolute atomic E-state index is 13.8. The first kappa shape index (κ1) is 18.8. The monoisotopic (exact) mass is 397 g/mol. The van der Waals surface area contributed by atoms with Gasteiger partial charge in [0.2, 0.25) is 11.8 Å². The topological polar surface area (TPSA) is 75.4 Å². The fourth-order valence-electron chi connectivity index (χ4n) is 3.27. The number of amides is 2. The van der Waals surface area contributed by atoms with Gasteiger partial charge in [0, 0.05) is 30.8 Å². The lowest BCUT2D eigenvalue weighted by atomic mass is 10.1. The second kappa shape index (κ2) is 7.83. The van der Waals surface area contributed by atoms with Crippen LogP contribution in [0.4, 0.5) is 14.5 Å². The van der Waals surface area contributed by atoms with Crippen molar-refractivity contribution < 1.29 is 22.9 Å². The third kappa shape index (κ3) is 4.01. The van der Waals surface area contributed by atoms with E-state index < -0.39 is 17.6 Å². The number of benzene rings is 2. The molecule has 2 heterocycles. The van der Waals surface area contributed by atoms with Gasteiger partial charge in [-0.25, -0.2) is 8.78 Å². The van der Waals surface area contributed by atoms with E-state index in [-0.39, 0.29) is 36.1 Å². The quantitative estimate of drug-likeness (QED) is 0.717. The van der Waals surface area contributed by atoms with E-state index in [1.165, 1.54) is 12.1 Å². The van der Waals surface area contributed by atoms with E-state index in [2.05, 4.69) is 10.5 Å². The van der Waals surface area contributed by atoms with E-state index >= 15 is 0 Å². The van der Waals surface area contributed by atoms with Gasteiger partial charge in [0.25, 0.3) is 0 Å². The first-order valence-corrected chi connectivity index (χ1v) is 9.05. The lowest BCUT2D eigenvalue weighted by molar-refractivity contribution is -0.126. The van der Waals surface area contributed by atoms with Crippen molar-refractivity contribution in [3.63, 3.8) is 0 Å². The van der Waals surface area contributed by atoms with Gasteiger partial charge in [-0.05, 0) is 24.3 Å². The number of hydrogen-bond donors (Lipinski definition) is 1. The lowest BCUT2D eigenvalue weighted by Gasteiger charge is -2.16. The molecule has 0 spiro atoms. The van der Waals surface area contributed by atoms with Crippen molar-refractivity contribution in [2.24, 2.45) is 5.92 Å². The minimum atomic E-state index is -0.762. The second-order valence-corrected chi connectivity index (χ2v) is 6.77. The Hall–Kier alpha value is -3.55. The highest BCUT2D eigenvalue weighted by Crippen LogP contribution is 2.26. The number of nitrogens with zero attached hydrogens (tertiary/aromatic N) is 2. The third-order valence-electron chi connectivity index (χ3n) is 4.76. The van der Waals surface area contributed by atoms with Crippen LogP contribution >= 0.6 is 0 Å². The van der Waals surface area contributed by atoms with Crippen LogP contribution in [0.2, 0.25) is 0 Å². The molecule has 4 rings (SSSR count). The highest BCUT2D eigenvalue weighted by molar-refractivity contribution is 6.00. The third-order valence-corrected chi connectivity index (χ3v) is 4.76. The van der Waals surface area contributed by atoms with Gasteiger partial charge in [0.05, 0.1) is 18.0 Å². The van der Waals surface area contributed by atoms with Crippen LogP contribution in [0.25, 0.3) is 11.3 Å². The molecule has 1 unspecified atom stereocenters.